The molecule has 0 saturated carbocycles. The second-order valence-electron chi connectivity index (χ2n) is 7.07. The average Bonchev–Trinajstić information content (AvgIpc) is 3.36. The van der Waals surface area contributed by atoms with E-state index in [0.717, 1.165) is 25.9 Å². The molecule has 3 rings (SSSR count). The summed E-state index contributed by atoms with van der Waals surface area (Å²) in [6.45, 7) is 4.41. The Kier molecular flexibility index (Phi) is 10.7. The van der Waals surface area contributed by atoms with Crippen LogP contribution in [0.3, 0.4) is 0 Å². The third kappa shape index (κ3) is 7.60. The first kappa shape index (κ1) is 24.7. The van der Waals surface area contributed by atoms with Crippen LogP contribution in [0.25, 0.3) is 0 Å². The van der Waals surface area contributed by atoms with Gasteiger partial charge in [0.2, 0.25) is 6.79 Å². The van der Waals surface area contributed by atoms with E-state index in [1.54, 1.807) is 6.07 Å². The van der Waals surface area contributed by atoms with Gasteiger partial charge in [-0.2, -0.15) is 8.78 Å². The number of aliphatic imine (C=N–C) groups is 1. The molecule has 2 aliphatic heterocycles. The molecule has 1 saturated heterocycles. The molecular formula is C20H31F2IN4O3. The number of hydrogen-bond donors (Lipinski definition) is 2. The first-order chi connectivity index (χ1) is 14.2. The van der Waals surface area contributed by atoms with Gasteiger partial charge in [0.25, 0.3) is 0 Å². The van der Waals surface area contributed by atoms with Gasteiger partial charge < -0.3 is 29.7 Å². The molecule has 1 aromatic carbocycles. The van der Waals surface area contributed by atoms with E-state index in [2.05, 4.69) is 25.3 Å². The first-order valence-corrected chi connectivity index (χ1v) is 10.3. The highest BCUT2D eigenvalue weighted by Crippen LogP contribution is 2.39. The van der Waals surface area contributed by atoms with E-state index in [-0.39, 0.29) is 43.1 Å². The fraction of sp³-hybridized carbons (Fsp3) is 0.650. The summed E-state index contributed by atoms with van der Waals surface area (Å²) < 4.78 is 40.8. The molecule has 10 heteroatoms. The molecule has 30 heavy (non-hydrogen) atoms. The SMILES string of the molecule is CCNC(=NCc1cc2c(cc1OC(F)F)OCO2)NCCCCN1CCCC1.I. The maximum absolute atomic E-state index is 12.8. The molecule has 0 aliphatic carbocycles. The molecule has 0 amide bonds. The zero-order valence-corrected chi connectivity index (χ0v) is 19.6. The summed E-state index contributed by atoms with van der Waals surface area (Å²) in [5.41, 5.74) is 0.515. The van der Waals surface area contributed by atoms with Crippen molar-refractivity contribution in [3.63, 3.8) is 0 Å². The van der Waals surface area contributed by atoms with Gasteiger partial charge in [0.1, 0.15) is 5.75 Å². The molecule has 0 atom stereocenters. The van der Waals surface area contributed by atoms with E-state index < -0.39 is 6.61 Å². The molecule has 2 aliphatic rings. The van der Waals surface area contributed by atoms with Crippen molar-refractivity contribution in [3.05, 3.63) is 17.7 Å². The Labute approximate surface area is 193 Å². The lowest BCUT2D eigenvalue weighted by Crippen LogP contribution is -2.38. The van der Waals surface area contributed by atoms with Crippen LogP contribution in [0.1, 0.15) is 38.2 Å². The van der Waals surface area contributed by atoms with Crippen LogP contribution in [0.5, 0.6) is 17.2 Å². The number of unbranched alkanes of at least 4 members (excludes halogenated alkanes) is 1. The molecule has 0 radical (unpaired) electrons. The number of guanidine groups is 1. The number of fused-ring (bicyclic) bond motifs is 1. The predicted molar refractivity (Wildman–Crippen MR) is 122 cm³/mol. The number of hydrogen-bond acceptors (Lipinski definition) is 5. The van der Waals surface area contributed by atoms with Gasteiger partial charge in [-0.15, -0.1) is 24.0 Å². The fourth-order valence-electron chi connectivity index (χ4n) is 3.47. The fourth-order valence-corrected chi connectivity index (χ4v) is 3.47. The smallest absolute Gasteiger partial charge is 0.387 e. The average molecular weight is 540 g/mol. The lowest BCUT2D eigenvalue weighted by atomic mass is 10.1. The molecule has 0 bridgehead atoms. The molecule has 0 aromatic heterocycles. The van der Waals surface area contributed by atoms with Crippen molar-refractivity contribution in [1.29, 1.82) is 0 Å². The number of benzene rings is 1. The van der Waals surface area contributed by atoms with E-state index >= 15 is 0 Å². The van der Waals surface area contributed by atoms with E-state index in [9.17, 15) is 8.78 Å². The van der Waals surface area contributed by atoms with Gasteiger partial charge in [-0.3, -0.25) is 0 Å². The molecule has 2 heterocycles. The highest BCUT2D eigenvalue weighted by Gasteiger charge is 2.20. The van der Waals surface area contributed by atoms with Gasteiger partial charge >= 0.3 is 6.61 Å². The van der Waals surface area contributed by atoms with Gasteiger partial charge in [0.15, 0.2) is 17.5 Å². The van der Waals surface area contributed by atoms with Crippen molar-refractivity contribution >= 4 is 29.9 Å². The van der Waals surface area contributed by atoms with Crippen LogP contribution >= 0.6 is 24.0 Å². The molecule has 0 unspecified atom stereocenters. The second-order valence-corrected chi connectivity index (χ2v) is 7.07. The molecule has 2 N–H and O–H groups in total. The van der Waals surface area contributed by atoms with Crippen LogP contribution in [0, 0.1) is 0 Å². The summed E-state index contributed by atoms with van der Waals surface area (Å²) >= 11 is 0. The lowest BCUT2D eigenvalue weighted by molar-refractivity contribution is -0.0505. The van der Waals surface area contributed by atoms with Crippen LogP contribution in [0.2, 0.25) is 0 Å². The van der Waals surface area contributed by atoms with Crippen LogP contribution < -0.4 is 24.8 Å². The van der Waals surface area contributed by atoms with Crippen LogP contribution in [-0.2, 0) is 6.54 Å². The normalized spacial score (nSPS) is 15.9. The molecule has 0 spiro atoms. The third-order valence-corrected chi connectivity index (χ3v) is 4.92. The molecular weight excluding hydrogens is 509 g/mol. The van der Waals surface area contributed by atoms with E-state index in [1.807, 2.05) is 6.92 Å². The van der Waals surface area contributed by atoms with E-state index in [4.69, 9.17) is 9.47 Å². The number of nitrogens with one attached hydrogen (secondary N) is 2. The molecule has 1 fully saturated rings. The number of nitrogens with zero attached hydrogens (tertiary/aromatic N) is 2. The largest absolute Gasteiger partial charge is 0.454 e. The van der Waals surface area contributed by atoms with Crippen molar-refractivity contribution in [2.45, 2.75) is 45.8 Å². The number of ether oxygens (including phenoxy) is 3. The molecule has 170 valence electrons. The summed E-state index contributed by atoms with van der Waals surface area (Å²) in [4.78, 5) is 7.02. The van der Waals surface area contributed by atoms with Crippen molar-refractivity contribution in [3.8, 4) is 17.2 Å². The van der Waals surface area contributed by atoms with Crippen LogP contribution in [-0.4, -0.2) is 57.0 Å². The summed E-state index contributed by atoms with van der Waals surface area (Å²) in [5, 5.41) is 6.49. The van der Waals surface area contributed by atoms with E-state index in [1.165, 1.54) is 32.0 Å². The van der Waals surface area contributed by atoms with Crippen molar-refractivity contribution in [1.82, 2.24) is 15.5 Å². The van der Waals surface area contributed by atoms with Crippen LogP contribution in [0.4, 0.5) is 8.78 Å². The molecule has 7 nitrogen and oxygen atoms in total. The Hall–Kier alpha value is -1.56. The Balaban J connectivity index is 0.00000320. The minimum Gasteiger partial charge on any atom is -0.454 e. The Morgan fingerprint density at radius 2 is 1.90 bits per heavy atom. The standard InChI is InChI=1S/C20H30F2N4O3.HI/c1-2-23-20(24-7-3-4-8-26-9-5-6-10-26)25-13-15-11-17-18(28-14-27-17)12-16(15)29-19(21)22;/h11-12,19H,2-10,13-14H2,1H3,(H2,23,24,25);1H. The highest BCUT2D eigenvalue weighted by molar-refractivity contribution is 14.0. The number of rotatable bonds is 10. The Bertz CT molecular complexity index is 688. The second kappa shape index (κ2) is 13.0. The summed E-state index contributed by atoms with van der Waals surface area (Å²) in [6.07, 6.45) is 4.81. The molecule has 1 aromatic rings. The van der Waals surface area contributed by atoms with Gasteiger partial charge in [0, 0.05) is 24.7 Å². The van der Waals surface area contributed by atoms with Gasteiger partial charge in [0.05, 0.1) is 6.54 Å². The quantitative estimate of drug-likeness (QED) is 0.205. The van der Waals surface area contributed by atoms with Gasteiger partial charge in [-0.1, -0.05) is 0 Å². The summed E-state index contributed by atoms with van der Waals surface area (Å²) in [5.74, 6) is 1.61. The monoisotopic (exact) mass is 540 g/mol. The number of likely N-dealkylation sites (tertiary alicyclic amines) is 1. The van der Waals surface area contributed by atoms with Gasteiger partial charge in [-0.05, 0) is 58.3 Å². The van der Waals surface area contributed by atoms with Gasteiger partial charge in [-0.25, -0.2) is 4.99 Å². The highest BCUT2D eigenvalue weighted by atomic mass is 127. The number of alkyl halides is 2. The third-order valence-electron chi connectivity index (χ3n) is 4.92. The maximum Gasteiger partial charge on any atom is 0.387 e. The topological polar surface area (TPSA) is 67.4 Å². The van der Waals surface area contributed by atoms with Crippen molar-refractivity contribution < 1.29 is 23.0 Å². The van der Waals surface area contributed by atoms with Crippen molar-refractivity contribution in [2.24, 2.45) is 4.99 Å². The zero-order chi connectivity index (χ0) is 20.5. The minimum atomic E-state index is -2.92. The predicted octanol–water partition coefficient (Wildman–Crippen LogP) is 3.57. The first-order valence-electron chi connectivity index (χ1n) is 10.3. The maximum atomic E-state index is 12.8. The summed E-state index contributed by atoms with van der Waals surface area (Å²) in [7, 11) is 0. The Morgan fingerprint density at radius 1 is 1.17 bits per heavy atom. The number of halogens is 3. The van der Waals surface area contributed by atoms with Crippen LogP contribution in [0.15, 0.2) is 17.1 Å². The van der Waals surface area contributed by atoms with E-state index in [0.29, 0.717) is 29.6 Å². The minimum absolute atomic E-state index is 0. The van der Waals surface area contributed by atoms with Crippen molar-refractivity contribution in [2.75, 3.05) is 39.5 Å². The summed E-state index contributed by atoms with van der Waals surface area (Å²) in [6, 6.07) is 3.07. The zero-order valence-electron chi connectivity index (χ0n) is 17.3. The lowest BCUT2D eigenvalue weighted by Gasteiger charge is -2.15. The Morgan fingerprint density at radius 3 is 2.60 bits per heavy atom.